The number of benzene rings is 1. The number of nitrogens with one attached hydrogen (secondary N) is 2. The fourth-order valence-electron chi connectivity index (χ4n) is 1.38. The minimum atomic E-state index is -2.93. The number of amides is 2. The van der Waals surface area contributed by atoms with Crippen LogP contribution in [0.1, 0.15) is 17.3 Å². The number of aliphatic hydroxyl groups is 1. The molecule has 0 spiro atoms. The lowest BCUT2D eigenvalue weighted by Gasteiger charge is -2.16. The summed E-state index contributed by atoms with van der Waals surface area (Å²) in [7, 11) is 0. The van der Waals surface area contributed by atoms with Gasteiger partial charge in [0.1, 0.15) is 12.1 Å². The number of alkyl halides is 2. The summed E-state index contributed by atoms with van der Waals surface area (Å²) >= 11 is 0. The number of aliphatic hydroxyl groups excluding tert-OH is 1. The number of carbonyl (C=O) groups excluding carboxylic acids is 2. The molecule has 0 saturated carbocycles. The zero-order valence-electron chi connectivity index (χ0n) is 10.8. The van der Waals surface area contributed by atoms with Crippen LogP contribution in [-0.4, -0.2) is 42.0 Å². The molecule has 1 rings (SSSR count). The van der Waals surface area contributed by atoms with Crippen molar-refractivity contribution in [3.8, 4) is 0 Å². The van der Waals surface area contributed by atoms with E-state index in [-0.39, 0.29) is 0 Å². The van der Waals surface area contributed by atoms with Crippen LogP contribution in [0.5, 0.6) is 0 Å². The Kier molecular flexibility index (Phi) is 6.05. The van der Waals surface area contributed by atoms with Crippen molar-refractivity contribution in [3.05, 3.63) is 35.9 Å². The molecule has 0 aliphatic carbocycles. The summed E-state index contributed by atoms with van der Waals surface area (Å²) in [5, 5.41) is 13.4. The molecule has 5 nitrogen and oxygen atoms in total. The highest BCUT2D eigenvalue weighted by atomic mass is 19.3. The summed E-state index contributed by atoms with van der Waals surface area (Å²) in [4.78, 5) is 23.3. The summed E-state index contributed by atoms with van der Waals surface area (Å²) < 4.78 is 24.1. The molecule has 1 aromatic carbocycles. The topological polar surface area (TPSA) is 78.4 Å². The average molecular weight is 286 g/mol. The van der Waals surface area contributed by atoms with Gasteiger partial charge in [0.05, 0.1) is 0 Å². The second-order valence-corrected chi connectivity index (χ2v) is 4.21. The quantitative estimate of drug-likeness (QED) is 0.714. The predicted octanol–water partition coefficient (Wildman–Crippen LogP) is 0.547. The van der Waals surface area contributed by atoms with Gasteiger partial charge in [-0.25, -0.2) is 8.78 Å². The van der Waals surface area contributed by atoms with Gasteiger partial charge in [-0.2, -0.15) is 0 Å². The third-order valence-electron chi connectivity index (χ3n) is 2.55. The smallest absolute Gasteiger partial charge is 0.265 e. The highest BCUT2D eigenvalue weighted by molar-refractivity contribution is 5.97. The number of hydrogen-bond donors (Lipinski definition) is 3. The van der Waals surface area contributed by atoms with Gasteiger partial charge >= 0.3 is 0 Å². The van der Waals surface area contributed by atoms with Gasteiger partial charge in [0, 0.05) is 12.1 Å². The molecule has 20 heavy (non-hydrogen) atoms. The van der Waals surface area contributed by atoms with Gasteiger partial charge in [-0.3, -0.25) is 9.59 Å². The first kappa shape index (κ1) is 16.0. The first-order valence-corrected chi connectivity index (χ1v) is 6.01. The molecular formula is C13H16F2N2O3. The molecular weight excluding hydrogens is 270 g/mol. The van der Waals surface area contributed by atoms with E-state index in [1.54, 1.807) is 30.3 Å². The summed E-state index contributed by atoms with van der Waals surface area (Å²) in [5.74, 6) is -1.09. The van der Waals surface area contributed by atoms with Crippen LogP contribution in [0, 0.1) is 0 Å². The Morgan fingerprint density at radius 2 is 1.85 bits per heavy atom. The zero-order valence-corrected chi connectivity index (χ0v) is 10.8. The van der Waals surface area contributed by atoms with Gasteiger partial charge < -0.3 is 15.7 Å². The summed E-state index contributed by atoms with van der Waals surface area (Å²) in [6.07, 6.45) is -4.85. The van der Waals surface area contributed by atoms with Crippen LogP contribution in [0.2, 0.25) is 0 Å². The first-order chi connectivity index (χ1) is 9.41. The van der Waals surface area contributed by atoms with E-state index >= 15 is 0 Å². The van der Waals surface area contributed by atoms with Crippen molar-refractivity contribution in [2.75, 3.05) is 6.54 Å². The van der Waals surface area contributed by atoms with E-state index in [0.29, 0.717) is 5.56 Å². The van der Waals surface area contributed by atoms with Crippen molar-refractivity contribution in [1.82, 2.24) is 10.6 Å². The van der Waals surface area contributed by atoms with Crippen LogP contribution in [0.4, 0.5) is 8.78 Å². The van der Waals surface area contributed by atoms with Gasteiger partial charge in [0.2, 0.25) is 5.91 Å². The molecule has 2 atom stereocenters. The highest BCUT2D eigenvalue weighted by Gasteiger charge is 2.20. The van der Waals surface area contributed by atoms with Crippen molar-refractivity contribution in [1.29, 1.82) is 0 Å². The average Bonchev–Trinajstić information content (AvgIpc) is 2.44. The molecule has 1 aromatic rings. The second kappa shape index (κ2) is 7.54. The lowest BCUT2D eigenvalue weighted by atomic mass is 10.2. The van der Waals surface area contributed by atoms with E-state index in [4.69, 9.17) is 5.11 Å². The maximum absolute atomic E-state index is 12.0. The normalized spacial score (nSPS) is 13.7. The molecule has 0 heterocycles. The van der Waals surface area contributed by atoms with Crippen LogP contribution >= 0.6 is 0 Å². The van der Waals surface area contributed by atoms with Gasteiger partial charge in [-0.05, 0) is 19.1 Å². The molecule has 110 valence electrons. The summed E-state index contributed by atoms with van der Waals surface area (Å²) in [6, 6.07) is 7.38. The number of halogens is 2. The largest absolute Gasteiger partial charge is 0.385 e. The minimum absolute atomic E-state index is 0.389. The first-order valence-electron chi connectivity index (χ1n) is 6.01. The Bertz CT molecular complexity index is 454. The third-order valence-corrected chi connectivity index (χ3v) is 2.55. The third kappa shape index (κ3) is 4.93. The van der Waals surface area contributed by atoms with Crippen molar-refractivity contribution >= 4 is 11.8 Å². The van der Waals surface area contributed by atoms with Crippen molar-refractivity contribution in [2.24, 2.45) is 0 Å². The number of rotatable bonds is 6. The molecule has 0 aliphatic heterocycles. The van der Waals surface area contributed by atoms with Crippen molar-refractivity contribution in [2.45, 2.75) is 25.5 Å². The molecule has 7 heteroatoms. The molecule has 0 bridgehead atoms. The van der Waals surface area contributed by atoms with Gasteiger partial charge in [-0.15, -0.1) is 0 Å². The molecule has 2 unspecified atom stereocenters. The van der Waals surface area contributed by atoms with E-state index in [9.17, 15) is 18.4 Å². The number of hydrogen-bond acceptors (Lipinski definition) is 3. The predicted molar refractivity (Wildman–Crippen MR) is 68.4 cm³/mol. The molecule has 3 N–H and O–H groups in total. The standard InChI is InChI=1S/C13H16F2N2O3/c1-8(12(19)16-7-10(18)11(14)15)17-13(20)9-5-3-2-4-6-9/h2-6,8,10-11,18H,7H2,1H3,(H,16,19)(H,17,20). The lowest BCUT2D eigenvalue weighted by molar-refractivity contribution is -0.123. The van der Waals surface area contributed by atoms with Crippen LogP contribution in [-0.2, 0) is 4.79 Å². The fraction of sp³-hybridized carbons (Fsp3) is 0.385. The van der Waals surface area contributed by atoms with Crippen LogP contribution in [0.15, 0.2) is 30.3 Å². The van der Waals surface area contributed by atoms with Crippen LogP contribution < -0.4 is 10.6 Å². The van der Waals surface area contributed by atoms with Gasteiger partial charge in [0.15, 0.2) is 0 Å². The Hall–Kier alpha value is -2.02. The van der Waals surface area contributed by atoms with E-state index in [1.807, 2.05) is 0 Å². The highest BCUT2D eigenvalue weighted by Crippen LogP contribution is 2.00. The lowest BCUT2D eigenvalue weighted by Crippen LogP contribution is -2.47. The molecule has 2 amide bonds. The van der Waals surface area contributed by atoms with Crippen molar-refractivity contribution in [3.63, 3.8) is 0 Å². The molecule has 0 aromatic heterocycles. The summed E-state index contributed by atoms with van der Waals surface area (Å²) in [5.41, 5.74) is 0.389. The van der Waals surface area contributed by atoms with Crippen LogP contribution in [0.3, 0.4) is 0 Å². The SMILES string of the molecule is CC(NC(=O)c1ccccc1)C(=O)NCC(O)C(F)F. The fourth-order valence-corrected chi connectivity index (χ4v) is 1.38. The Labute approximate surface area is 115 Å². The minimum Gasteiger partial charge on any atom is -0.385 e. The van der Waals surface area contributed by atoms with E-state index in [1.165, 1.54) is 6.92 Å². The maximum atomic E-state index is 12.0. The molecule has 0 aliphatic rings. The summed E-state index contributed by atoms with van der Waals surface area (Å²) in [6.45, 7) is 0.854. The van der Waals surface area contributed by atoms with E-state index in [2.05, 4.69) is 10.6 Å². The van der Waals surface area contributed by atoms with E-state index in [0.717, 1.165) is 0 Å². The van der Waals surface area contributed by atoms with Gasteiger partial charge in [-0.1, -0.05) is 18.2 Å². The van der Waals surface area contributed by atoms with E-state index < -0.39 is 36.9 Å². The molecule has 0 saturated heterocycles. The zero-order chi connectivity index (χ0) is 15.1. The molecule has 0 radical (unpaired) electrons. The van der Waals surface area contributed by atoms with Crippen molar-refractivity contribution < 1.29 is 23.5 Å². The Morgan fingerprint density at radius 1 is 1.25 bits per heavy atom. The second-order valence-electron chi connectivity index (χ2n) is 4.21. The molecule has 0 fully saturated rings. The maximum Gasteiger partial charge on any atom is 0.265 e. The Morgan fingerprint density at radius 3 is 2.40 bits per heavy atom. The Balaban J connectivity index is 2.44. The van der Waals surface area contributed by atoms with Gasteiger partial charge in [0.25, 0.3) is 12.3 Å². The number of carbonyl (C=O) groups is 2. The van der Waals surface area contributed by atoms with Crippen LogP contribution in [0.25, 0.3) is 0 Å². The monoisotopic (exact) mass is 286 g/mol.